The summed E-state index contributed by atoms with van der Waals surface area (Å²) in [6.07, 6.45) is 0.728. The SMILES string of the molecule is CC1N=C(NCCc2ccc(Cl)c(Cl)c2)NC(NC(C)C)=N1. The van der Waals surface area contributed by atoms with Crippen molar-refractivity contribution >= 4 is 35.1 Å². The standard InChI is InChI=1S/C15H21Cl2N5/c1-9(2)19-15-21-10(3)20-14(22-15)18-7-6-11-4-5-12(16)13(17)8-11/h4-5,8-10H,6-7H2,1-3H3,(H3,18,19,20,21,22). The molecule has 7 heteroatoms. The topological polar surface area (TPSA) is 60.8 Å². The highest BCUT2D eigenvalue weighted by molar-refractivity contribution is 6.42. The molecule has 1 aliphatic rings. The summed E-state index contributed by atoms with van der Waals surface area (Å²) in [7, 11) is 0. The van der Waals surface area contributed by atoms with Crippen molar-refractivity contribution in [3.63, 3.8) is 0 Å². The van der Waals surface area contributed by atoms with E-state index in [1.54, 1.807) is 0 Å². The van der Waals surface area contributed by atoms with Crippen LogP contribution in [0.5, 0.6) is 0 Å². The lowest BCUT2D eigenvalue weighted by atomic mass is 10.1. The Bertz CT molecular complexity index is 583. The molecule has 0 amide bonds. The highest BCUT2D eigenvalue weighted by Gasteiger charge is 2.13. The van der Waals surface area contributed by atoms with Crippen LogP contribution in [0.4, 0.5) is 0 Å². The molecule has 22 heavy (non-hydrogen) atoms. The highest BCUT2D eigenvalue weighted by Crippen LogP contribution is 2.22. The molecule has 3 N–H and O–H groups in total. The molecule has 0 bridgehead atoms. The van der Waals surface area contributed by atoms with Gasteiger partial charge < -0.3 is 10.6 Å². The van der Waals surface area contributed by atoms with Gasteiger partial charge in [-0.3, -0.25) is 5.32 Å². The fourth-order valence-corrected chi connectivity index (χ4v) is 2.36. The zero-order valence-corrected chi connectivity index (χ0v) is 14.5. The summed E-state index contributed by atoms with van der Waals surface area (Å²) >= 11 is 11.9. The van der Waals surface area contributed by atoms with Crippen molar-refractivity contribution in [1.82, 2.24) is 16.0 Å². The van der Waals surface area contributed by atoms with Crippen LogP contribution >= 0.6 is 23.2 Å². The molecule has 1 aliphatic heterocycles. The van der Waals surface area contributed by atoms with Gasteiger partial charge in [0.25, 0.3) is 0 Å². The zero-order chi connectivity index (χ0) is 16.1. The van der Waals surface area contributed by atoms with E-state index in [0.29, 0.717) is 16.1 Å². The number of benzene rings is 1. The number of nitrogens with one attached hydrogen (secondary N) is 3. The molecule has 1 aromatic carbocycles. The van der Waals surface area contributed by atoms with Crippen LogP contribution in [0.15, 0.2) is 28.2 Å². The van der Waals surface area contributed by atoms with Gasteiger partial charge in [-0.25, -0.2) is 9.98 Å². The predicted molar refractivity (Wildman–Crippen MR) is 93.9 cm³/mol. The molecule has 0 saturated heterocycles. The summed E-state index contributed by atoms with van der Waals surface area (Å²) in [5, 5.41) is 10.8. The normalized spacial score (nSPS) is 17.6. The average Bonchev–Trinajstić information content (AvgIpc) is 2.41. The number of nitrogens with zero attached hydrogens (tertiary/aromatic N) is 2. The van der Waals surface area contributed by atoms with Crippen LogP contribution in [0.1, 0.15) is 26.3 Å². The van der Waals surface area contributed by atoms with Gasteiger partial charge in [0.2, 0.25) is 0 Å². The number of rotatable bonds is 4. The number of hydrogen-bond donors (Lipinski definition) is 3. The van der Waals surface area contributed by atoms with Gasteiger partial charge in [-0.15, -0.1) is 0 Å². The minimum atomic E-state index is -0.102. The van der Waals surface area contributed by atoms with E-state index in [9.17, 15) is 0 Å². The number of hydrogen-bond acceptors (Lipinski definition) is 5. The first kappa shape index (κ1) is 16.9. The molecular formula is C15H21Cl2N5. The van der Waals surface area contributed by atoms with Crippen molar-refractivity contribution in [3.05, 3.63) is 33.8 Å². The Hall–Kier alpha value is -1.46. The number of halogens is 2. The zero-order valence-electron chi connectivity index (χ0n) is 13.0. The first-order chi connectivity index (χ1) is 10.4. The molecule has 0 saturated carbocycles. The third-order valence-corrected chi connectivity index (χ3v) is 3.72. The van der Waals surface area contributed by atoms with Crippen LogP contribution in [-0.2, 0) is 6.42 Å². The third-order valence-electron chi connectivity index (χ3n) is 2.98. The molecule has 0 aromatic heterocycles. The van der Waals surface area contributed by atoms with Gasteiger partial charge in [0.1, 0.15) is 6.17 Å². The second kappa shape index (κ2) is 7.70. The molecule has 5 nitrogen and oxygen atoms in total. The minimum absolute atomic E-state index is 0.102. The van der Waals surface area contributed by atoms with E-state index in [1.807, 2.05) is 25.1 Å². The van der Waals surface area contributed by atoms with Crippen LogP contribution in [-0.4, -0.2) is 30.7 Å². The Balaban J connectivity index is 1.85. The Morgan fingerprint density at radius 1 is 1.18 bits per heavy atom. The van der Waals surface area contributed by atoms with Crippen molar-refractivity contribution in [2.45, 2.75) is 39.4 Å². The Kier molecular flexibility index (Phi) is 5.91. The van der Waals surface area contributed by atoms with Crippen molar-refractivity contribution in [1.29, 1.82) is 0 Å². The lowest BCUT2D eigenvalue weighted by Crippen LogP contribution is -2.51. The van der Waals surface area contributed by atoms with Crippen molar-refractivity contribution in [3.8, 4) is 0 Å². The maximum absolute atomic E-state index is 6.02. The fraction of sp³-hybridized carbons (Fsp3) is 0.467. The molecule has 1 heterocycles. The monoisotopic (exact) mass is 341 g/mol. The van der Waals surface area contributed by atoms with Crippen molar-refractivity contribution in [2.75, 3.05) is 6.54 Å². The number of aliphatic imine (C=N–C) groups is 2. The van der Waals surface area contributed by atoms with E-state index in [0.717, 1.165) is 30.4 Å². The summed E-state index contributed by atoms with van der Waals surface area (Å²) < 4.78 is 0. The molecule has 0 radical (unpaired) electrons. The van der Waals surface area contributed by atoms with Gasteiger partial charge in [0, 0.05) is 12.6 Å². The largest absolute Gasteiger partial charge is 0.356 e. The van der Waals surface area contributed by atoms with E-state index < -0.39 is 0 Å². The van der Waals surface area contributed by atoms with E-state index in [-0.39, 0.29) is 6.17 Å². The summed E-state index contributed by atoms with van der Waals surface area (Å²) in [4.78, 5) is 8.82. The Labute approximate surface area is 141 Å². The van der Waals surface area contributed by atoms with Crippen molar-refractivity contribution in [2.24, 2.45) is 9.98 Å². The maximum Gasteiger partial charge on any atom is 0.200 e. The lowest BCUT2D eigenvalue weighted by Gasteiger charge is -2.22. The average molecular weight is 342 g/mol. The quantitative estimate of drug-likeness (QED) is 0.789. The van der Waals surface area contributed by atoms with Crippen LogP contribution in [0, 0.1) is 0 Å². The van der Waals surface area contributed by atoms with Crippen LogP contribution in [0.3, 0.4) is 0 Å². The van der Waals surface area contributed by atoms with Crippen LogP contribution in [0.2, 0.25) is 10.0 Å². The van der Waals surface area contributed by atoms with E-state index in [2.05, 4.69) is 39.8 Å². The van der Waals surface area contributed by atoms with E-state index in [4.69, 9.17) is 23.2 Å². The van der Waals surface area contributed by atoms with Gasteiger partial charge in [0.05, 0.1) is 10.0 Å². The third kappa shape index (κ3) is 5.07. The molecule has 120 valence electrons. The van der Waals surface area contributed by atoms with Crippen LogP contribution < -0.4 is 16.0 Å². The molecule has 0 aliphatic carbocycles. The highest BCUT2D eigenvalue weighted by atomic mass is 35.5. The molecule has 1 atom stereocenters. The Morgan fingerprint density at radius 3 is 2.59 bits per heavy atom. The lowest BCUT2D eigenvalue weighted by molar-refractivity contribution is 0.677. The van der Waals surface area contributed by atoms with Gasteiger partial charge >= 0.3 is 0 Å². The molecule has 1 aromatic rings. The van der Waals surface area contributed by atoms with Crippen molar-refractivity contribution < 1.29 is 0 Å². The molecule has 0 fully saturated rings. The minimum Gasteiger partial charge on any atom is -0.356 e. The van der Waals surface area contributed by atoms with Crippen LogP contribution in [0.25, 0.3) is 0 Å². The predicted octanol–water partition coefficient (Wildman–Crippen LogP) is 2.78. The molecule has 0 spiro atoms. The van der Waals surface area contributed by atoms with Gasteiger partial charge in [-0.05, 0) is 44.9 Å². The second-order valence-electron chi connectivity index (χ2n) is 5.44. The summed E-state index contributed by atoms with van der Waals surface area (Å²) in [5.41, 5.74) is 1.13. The first-order valence-corrected chi connectivity index (χ1v) is 8.06. The molecular weight excluding hydrogens is 321 g/mol. The Morgan fingerprint density at radius 2 is 1.91 bits per heavy atom. The van der Waals surface area contributed by atoms with E-state index >= 15 is 0 Å². The second-order valence-corrected chi connectivity index (χ2v) is 6.25. The van der Waals surface area contributed by atoms with Gasteiger partial charge in [0.15, 0.2) is 11.9 Å². The summed E-state index contributed by atoms with van der Waals surface area (Å²) in [6, 6.07) is 5.99. The molecule has 1 unspecified atom stereocenters. The fourth-order valence-electron chi connectivity index (χ4n) is 2.04. The smallest absolute Gasteiger partial charge is 0.200 e. The first-order valence-electron chi connectivity index (χ1n) is 7.31. The molecule has 2 rings (SSSR count). The number of guanidine groups is 2. The van der Waals surface area contributed by atoms with Gasteiger partial charge in [-0.1, -0.05) is 29.3 Å². The summed E-state index contributed by atoms with van der Waals surface area (Å²) in [5.74, 6) is 1.47. The maximum atomic E-state index is 6.02. The van der Waals surface area contributed by atoms with Gasteiger partial charge in [-0.2, -0.15) is 0 Å². The summed E-state index contributed by atoms with van der Waals surface area (Å²) in [6.45, 7) is 6.82. The van der Waals surface area contributed by atoms with E-state index in [1.165, 1.54) is 0 Å².